The average molecular weight is 391 g/mol. The molecular weight excluding hydrogens is 364 g/mol. The number of sulfone groups is 1. The summed E-state index contributed by atoms with van der Waals surface area (Å²) in [5, 5.41) is 10.4. The molecule has 0 saturated carbocycles. The van der Waals surface area contributed by atoms with Crippen molar-refractivity contribution in [1.82, 2.24) is 0 Å². The van der Waals surface area contributed by atoms with E-state index in [0.717, 1.165) is 12.0 Å². The molecule has 1 saturated heterocycles. The van der Waals surface area contributed by atoms with E-state index >= 15 is 0 Å². The molecule has 1 heterocycles. The van der Waals surface area contributed by atoms with Gasteiger partial charge >= 0.3 is 0 Å². The Kier molecular flexibility index (Phi) is 7.01. The summed E-state index contributed by atoms with van der Waals surface area (Å²) in [5.41, 5.74) is 1.11. The van der Waals surface area contributed by atoms with Gasteiger partial charge in [0.05, 0.1) is 42.2 Å². The van der Waals surface area contributed by atoms with E-state index < -0.39 is 15.9 Å². The van der Waals surface area contributed by atoms with E-state index in [9.17, 15) is 13.5 Å². The molecule has 6 heteroatoms. The van der Waals surface area contributed by atoms with Crippen molar-refractivity contribution in [3.63, 3.8) is 0 Å². The van der Waals surface area contributed by atoms with Crippen LogP contribution in [0.15, 0.2) is 65.6 Å². The molecular formula is C21H26O5S. The maximum Gasteiger partial charge on any atom is 0.178 e. The van der Waals surface area contributed by atoms with Gasteiger partial charge in [-0.15, -0.1) is 0 Å². The third-order valence-electron chi connectivity index (χ3n) is 4.77. The van der Waals surface area contributed by atoms with Gasteiger partial charge in [0.25, 0.3) is 0 Å². The molecule has 2 aromatic rings. The molecule has 0 bridgehead atoms. The summed E-state index contributed by atoms with van der Waals surface area (Å²) in [7, 11) is -3.38. The Bertz CT molecular complexity index is 792. The number of rotatable bonds is 9. The maximum atomic E-state index is 12.3. The van der Waals surface area contributed by atoms with Crippen LogP contribution in [0.5, 0.6) is 0 Å². The Morgan fingerprint density at radius 3 is 2.41 bits per heavy atom. The molecule has 0 radical (unpaired) electrons. The number of hydrogen-bond acceptors (Lipinski definition) is 5. The van der Waals surface area contributed by atoms with Gasteiger partial charge in [0.15, 0.2) is 9.84 Å². The maximum absolute atomic E-state index is 12.3. The van der Waals surface area contributed by atoms with Gasteiger partial charge in [0.1, 0.15) is 0 Å². The van der Waals surface area contributed by atoms with Crippen LogP contribution in [0.3, 0.4) is 0 Å². The fourth-order valence-electron chi connectivity index (χ4n) is 3.23. The van der Waals surface area contributed by atoms with Crippen molar-refractivity contribution in [3.8, 4) is 0 Å². The highest BCUT2D eigenvalue weighted by atomic mass is 32.2. The van der Waals surface area contributed by atoms with Crippen molar-refractivity contribution < 1.29 is 23.0 Å². The van der Waals surface area contributed by atoms with Gasteiger partial charge in [0.2, 0.25) is 0 Å². The summed E-state index contributed by atoms with van der Waals surface area (Å²) in [4.78, 5) is 0.289. The second kappa shape index (κ2) is 9.46. The minimum absolute atomic E-state index is 0.0564. The molecule has 1 fully saturated rings. The van der Waals surface area contributed by atoms with Crippen LogP contribution >= 0.6 is 0 Å². The Labute approximate surface area is 160 Å². The van der Waals surface area contributed by atoms with Crippen LogP contribution in [0.1, 0.15) is 24.8 Å². The first-order valence-corrected chi connectivity index (χ1v) is 10.9. The number of hydrogen-bond donors (Lipinski definition) is 1. The molecule has 0 unspecified atom stereocenters. The van der Waals surface area contributed by atoms with Gasteiger partial charge in [-0.25, -0.2) is 8.42 Å². The number of aliphatic hydroxyl groups excluding tert-OH is 1. The van der Waals surface area contributed by atoms with Gasteiger partial charge in [-0.1, -0.05) is 48.5 Å². The smallest absolute Gasteiger partial charge is 0.178 e. The van der Waals surface area contributed by atoms with Crippen molar-refractivity contribution in [2.45, 2.75) is 49.1 Å². The largest absolute Gasteiger partial charge is 0.390 e. The molecule has 2 aromatic carbocycles. The predicted molar refractivity (Wildman–Crippen MR) is 103 cm³/mol. The third kappa shape index (κ3) is 5.87. The average Bonchev–Trinajstić information content (AvgIpc) is 3.17. The van der Waals surface area contributed by atoms with Crippen LogP contribution in [0, 0.1) is 0 Å². The molecule has 146 valence electrons. The Balaban J connectivity index is 1.40. The fraction of sp³-hybridized carbons (Fsp3) is 0.429. The lowest BCUT2D eigenvalue weighted by Gasteiger charge is -2.19. The van der Waals surface area contributed by atoms with E-state index in [1.807, 2.05) is 30.3 Å². The van der Waals surface area contributed by atoms with Gasteiger partial charge < -0.3 is 14.6 Å². The molecule has 3 atom stereocenters. The molecule has 1 aliphatic heterocycles. The van der Waals surface area contributed by atoms with Crippen molar-refractivity contribution >= 4 is 9.84 Å². The molecule has 3 rings (SSSR count). The van der Waals surface area contributed by atoms with E-state index in [1.165, 1.54) is 0 Å². The van der Waals surface area contributed by atoms with Crippen molar-refractivity contribution in [3.05, 3.63) is 66.2 Å². The van der Waals surface area contributed by atoms with Crippen LogP contribution in [0.25, 0.3) is 0 Å². The molecule has 0 aliphatic carbocycles. The summed E-state index contributed by atoms with van der Waals surface area (Å²) in [5.74, 6) is -0.0901. The molecule has 5 nitrogen and oxygen atoms in total. The van der Waals surface area contributed by atoms with Gasteiger partial charge in [-0.3, -0.25) is 0 Å². The third-order valence-corrected chi connectivity index (χ3v) is 6.53. The van der Waals surface area contributed by atoms with Gasteiger partial charge in [0, 0.05) is 0 Å². The monoisotopic (exact) mass is 390 g/mol. The van der Waals surface area contributed by atoms with E-state index in [-0.39, 0.29) is 29.3 Å². The minimum Gasteiger partial charge on any atom is -0.390 e. The van der Waals surface area contributed by atoms with Crippen molar-refractivity contribution in [2.75, 3.05) is 12.4 Å². The number of aliphatic hydroxyl groups is 1. The van der Waals surface area contributed by atoms with Crippen LogP contribution in [0.4, 0.5) is 0 Å². The lowest BCUT2D eigenvalue weighted by molar-refractivity contribution is -0.0632. The highest BCUT2D eigenvalue weighted by molar-refractivity contribution is 7.91. The normalized spacial score (nSPS) is 21.2. The number of ether oxygens (including phenoxy) is 2. The predicted octanol–water partition coefficient (Wildman–Crippen LogP) is 2.98. The zero-order valence-corrected chi connectivity index (χ0v) is 16.1. The Morgan fingerprint density at radius 1 is 1.04 bits per heavy atom. The van der Waals surface area contributed by atoms with Crippen LogP contribution in [-0.4, -0.2) is 44.2 Å². The molecule has 1 aliphatic rings. The molecule has 0 amide bonds. The van der Waals surface area contributed by atoms with E-state index in [4.69, 9.17) is 9.47 Å². The van der Waals surface area contributed by atoms with Crippen LogP contribution < -0.4 is 0 Å². The zero-order valence-electron chi connectivity index (χ0n) is 15.2. The topological polar surface area (TPSA) is 72.8 Å². The SMILES string of the molecule is O=S(=O)(CC[C@@H](O)[C@H]1CC[C@H](COCc2ccccc2)O1)c1ccccc1. The first-order valence-electron chi connectivity index (χ1n) is 9.27. The number of benzene rings is 2. The van der Waals surface area contributed by atoms with Gasteiger partial charge in [-0.05, 0) is 37.0 Å². The summed E-state index contributed by atoms with van der Waals surface area (Å²) in [6.07, 6.45) is 0.510. The summed E-state index contributed by atoms with van der Waals surface area (Å²) >= 11 is 0. The van der Waals surface area contributed by atoms with Crippen molar-refractivity contribution in [1.29, 1.82) is 0 Å². The Morgan fingerprint density at radius 2 is 1.70 bits per heavy atom. The highest BCUT2D eigenvalue weighted by Crippen LogP contribution is 2.25. The fourth-order valence-corrected chi connectivity index (χ4v) is 4.59. The second-order valence-corrected chi connectivity index (χ2v) is 8.97. The lowest BCUT2D eigenvalue weighted by atomic mass is 10.1. The zero-order chi connectivity index (χ0) is 19.1. The minimum atomic E-state index is -3.38. The molecule has 0 spiro atoms. The second-order valence-electron chi connectivity index (χ2n) is 6.86. The van der Waals surface area contributed by atoms with E-state index in [0.29, 0.717) is 19.6 Å². The quantitative estimate of drug-likeness (QED) is 0.713. The summed E-state index contributed by atoms with van der Waals surface area (Å²) in [6, 6.07) is 18.3. The van der Waals surface area contributed by atoms with E-state index in [2.05, 4.69) is 0 Å². The molecule has 27 heavy (non-hydrogen) atoms. The van der Waals surface area contributed by atoms with Crippen LogP contribution in [0.2, 0.25) is 0 Å². The van der Waals surface area contributed by atoms with Crippen molar-refractivity contribution in [2.24, 2.45) is 0 Å². The lowest BCUT2D eigenvalue weighted by Crippen LogP contribution is -2.29. The summed E-state index contributed by atoms with van der Waals surface area (Å²) < 4.78 is 36.2. The highest BCUT2D eigenvalue weighted by Gasteiger charge is 2.31. The first kappa shape index (κ1) is 20.0. The first-order chi connectivity index (χ1) is 13.0. The van der Waals surface area contributed by atoms with Gasteiger partial charge in [-0.2, -0.15) is 0 Å². The Hall–Kier alpha value is -1.73. The molecule has 0 aromatic heterocycles. The van der Waals surface area contributed by atoms with Crippen LogP contribution in [-0.2, 0) is 25.9 Å². The molecule has 1 N–H and O–H groups in total. The standard InChI is InChI=1S/C21H26O5S/c22-20(13-14-27(23,24)19-9-5-2-6-10-19)21-12-11-18(26-21)16-25-15-17-7-3-1-4-8-17/h1-10,18,20-22H,11-16H2/t18-,20-,21-/m1/s1. The van der Waals surface area contributed by atoms with E-state index in [1.54, 1.807) is 30.3 Å². The summed E-state index contributed by atoms with van der Waals surface area (Å²) in [6.45, 7) is 1.00.